The first-order chi connectivity index (χ1) is 9.40. The van der Waals surface area contributed by atoms with Crippen molar-refractivity contribution in [1.82, 2.24) is 10.2 Å². The fourth-order valence-corrected chi connectivity index (χ4v) is 1.93. The fourth-order valence-electron chi connectivity index (χ4n) is 1.71. The van der Waals surface area contributed by atoms with E-state index in [1.807, 2.05) is 18.2 Å². The van der Waals surface area contributed by atoms with Crippen molar-refractivity contribution in [1.29, 1.82) is 0 Å². The summed E-state index contributed by atoms with van der Waals surface area (Å²) in [6.07, 6.45) is 0.675. The molecule has 6 heteroatoms. The molecule has 20 heavy (non-hydrogen) atoms. The number of nitrogens with one attached hydrogen (secondary N) is 1. The van der Waals surface area contributed by atoms with Crippen LogP contribution in [0.25, 0.3) is 0 Å². The first-order valence-corrected chi connectivity index (χ1v) is 6.74. The number of amides is 2. The van der Waals surface area contributed by atoms with Gasteiger partial charge in [-0.1, -0.05) is 30.7 Å². The van der Waals surface area contributed by atoms with Crippen LogP contribution in [0.1, 0.15) is 12.5 Å². The molecule has 0 aliphatic rings. The van der Waals surface area contributed by atoms with Gasteiger partial charge in [0.05, 0.1) is 5.92 Å². The number of hydrogen-bond donors (Lipinski definition) is 2. The van der Waals surface area contributed by atoms with E-state index in [0.717, 1.165) is 5.56 Å². The van der Waals surface area contributed by atoms with Crippen molar-refractivity contribution < 1.29 is 14.7 Å². The molecule has 1 unspecified atom stereocenters. The Balaban J connectivity index is 2.34. The molecule has 5 nitrogen and oxygen atoms in total. The molecule has 0 bridgehead atoms. The van der Waals surface area contributed by atoms with Crippen molar-refractivity contribution in [2.75, 3.05) is 20.1 Å². The lowest BCUT2D eigenvalue weighted by Gasteiger charge is -2.20. The van der Waals surface area contributed by atoms with Crippen LogP contribution in [0.2, 0.25) is 5.02 Å². The highest BCUT2D eigenvalue weighted by atomic mass is 35.5. The van der Waals surface area contributed by atoms with Gasteiger partial charge in [-0.3, -0.25) is 4.79 Å². The number of halogens is 1. The Bertz CT molecular complexity index is 479. The van der Waals surface area contributed by atoms with Crippen LogP contribution in [0.4, 0.5) is 4.79 Å². The first kappa shape index (κ1) is 16.3. The van der Waals surface area contributed by atoms with Crippen LogP contribution in [0, 0.1) is 5.92 Å². The Hall–Kier alpha value is -1.75. The van der Waals surface area contributed by atoms with Gasteiger partial charge in [0.15, 0.2) is 0 Å². The topological polar surface area (TPSA) is 69.6 Å². The predicted molar refractivity (Wildman–Crippen MR) is 78.0 cm³/mol. The van der Waals surface area contributed by atoms with E-state index in [2.05, 4.69) is 5.32 Å². The molecule has 0 fully saturated rings. The Labute approximate surface area is 123 Å². The Morgan fingerprint density at radius 2 is 2.15 bits per heavy atom. The average Bonchev–Trinajstić information content (AvgIpc) is 2.38. The summed E-state index contributed by atoms with van der Waals surface area (Å²) in [6, 6.07) is 7.17. The maximum atomic E-state index is 11.8. The standard InChI is InChI=1S/C14H19ClN2O3/c1-10(13(18)19)9-17(2)14(20)16-7-6-11-4-3-5-12(15)8-11/h3-5,8,10H,6-7,9H2,1-2H3,(H,16,20)(H,18,19). The molecular formula is C14H19ClN2O3. The second-order valence-corrected chi connectivity index (χ2v) is 5.17. The molecule has 0 saturated heterocycles. The number of nitrogens with zero attached hydrogens (tertiary/aromatic N) is 1. The molecule has 0 radical (unpaired) electrons. The van der Waals surface area contributed by atoms with E-state index < -0.39 is 11.9 Å². The van der Waals surface area contributed by atoms with Crippen LogP contribution in [0.5, 0.6) is 0 Å². The minimum atomic E-state index is -0.913. The number of urea groups is 1. The number of rotatable bonds is 6. The van der Waals surface area contributed by atoms with E-state index >= 15 is 0 Å². The summed E-state index contributed by atoms with van der Waals surface area (Å²) in [5, 5.41) is 12.2. The van der Waals surface area contributed by atoms with Crippen LogP contribution in [0.15, 0.2) is 24.3 Å². The number of carbonyl (C=O) groups is 2. The quantitative estimate of drug-likeness (QED) is 0.846. The van der Waals surface area contributed by atoms with E-state index in [4.69, 9.17) is 16.7 Å². The molecule has 0 aliphatic carbocycles. The lowest BCUT2D eigenvalue weighted by Crippen LogP contribution is -2.41. The largest absolute Gasteiger partial charge is 0.481 e. The molecule has 1 aromatic carbocycles. The molecule has 110 valence electrons. The summed E-state index contributed by atoms with van der Waals surface area (Å²) in [7, 11) is 1.58. The number of carboxylic acid groups (broad SMARTS) is 1. The van der Waals surface area contributed by atoms with Crippen LogP contribution >= 0.6 is 11.6 Å². The highest BCUT2D eigenvalue weighted by molar-refractivity contribution is 6.30. The van der Waals surface area contributed by atoms with E-state index in [-0.39, 0.29) is 12.6 Å². The van der Waals surface area contributed by atoms with Crippen molar-refractivity contribution in [3.05, 3.63) is 34.9 Å². The lowest BCUT2D eigenvalue weighted by atomic mass is 10.1. The van der Waals surface area contributed by atoms with Crippen molar-refractivity contribution >= 4 is 23.6 Å². The molecule has 0 saturated carbocycles. The average molecular weight is 299 g/mol. The van der Waals surface area contributed by atoms with Gasteiger partial charge in [0, 0.05) is 25.2 Å². The van der Waals surface area contributed by atoms with Crippen molar-refractivity contribution in [3.63, 3.8) is 0 Å². The van der Waals surface area contributed by atoms with Crippen LogP contribution in [-0.2, 0) is 11.2 Å². The summed E-state index contributed by atoms with van der Waals surface area (Å²) in [4.78, 5) is 23.8. The van der Waals surface area contributed by atoms with Gasteiger partial charge in [-0.25, -0.2) is 4.79 Å². The van der Waals surface area contributed by atoms with E-state index in [9.17, 15) is 9.59 Å². The lowest BCUT2D eigenvalue weighted by molar-refractivity contribution is -0.141. The molecule has 0 aromatic heterocycles. The number of aliphatic carboxylic acids is 1. The summed E-state index contributed by atoms with van der Waals surface area (Å²) < 4.78 is 0. The van der Waals surface area contributed by atoms with Crippen molar-refractivity contribution in [2.24, 2.45) is 5.92 Å². The monoisotopic (exact) mass is 298 g/mol. The third-order valence-electron chi connectivity index (χ3n) is 2.89. The van der Waals surface area contributed by atoms with Crippen molar-refractivity contribution in [3.8, 4) is 0 Å². The molecule has 1 aromatic rings. The smallest absolute Gasteiger partial charge is 0.317 e. The zero-order valence-corrected chi connectivity index (χ0v) is 12.4. The van der Waals surface area contributed by atoms with Gasteiger partial charge in [0.25, 0.3) is 0 Å². The SMILES string of the molecule is CC(CN(C)C(=O)NCCc1cccc(Cl)c1)C(=O)O. The maximum absolute atomic E-state index is 11.8. The summed E-state index contributed by atoms with van der Waals surface area (Å²) in [5.41, 5.74) is 1.04. The van der Waals surface area contributed by atoms with Gasteiger partial charge >= 0.3 is 12.0 Å². The summed E-state index contributed by atoms with van der Waals surface area (Å²) in [6.45, 7) is 2.22. The van der Waals surface area contributed by atoms with Gasteiger partial charge in [-0.2, -0.15) is 0 Å². The minimum Gasteiger partial charge on any atom is -0.481 e. The van der Waals surface area contributed by atoms with Gasteiger partial charge in [0.2, 0.25) is 0 Å². The number of carboxylic acids is 1. The zero-order chi connectivity index (χ0) is 15.1. The van der Waals surface area contributed by atoms with E-state index in [1.54, 1.807) is 20.0 Å². The third-order valence-corrected chi connectivity index (χ3v) is 3.13. The molecule has 0 spiro atoms. The van der Waals surface area contributed by atoms with Gasteiger partial charge in [0.1, 0.15) is 0 Å². The molecule has 0 heterocycles. The van der Waals surface area contributed by atoms with Gasteiger partial charge in [-0.15, -0.1) is 0 Å². The van der Waals surface area contributed by atoms with E-state index in [0.29, 0.717) is 18.0 Å². The van der Waals surface area contributed by atoms with Crippen LogP contribution in [-0.4, -0.2) is 42.1 Å². The molecule has 2 N–H and O–H groups in total. The molecule has 1 atom stereocenters. The Morgan fingerprint density at radius 1 is 1.45 bits per heavy atom. The number of hydrogen-bond acceptors (Lipinski definition) is 2. The number of benzene rings is 1. The number of carbonyl (C=O) groups excluding carboxylic acids is 1. The third kappa shape index (κ3) is 5.48. The molecule has 2 amide bonds. The summed E-state index contributed by atoms with van der Waals surface area (Å²) >= 11 is 5.87. The van der Waals surface area contributed by atoms with Crippen LogP contribution < -0.4 is 5.32 Å². The molecule has 0 aliphatic heterocycles. The zero-order valence-electron chi connectivity index (χ0n) is 11.6. The fraction of sp³-hybridized carbons (Fsp3) is 0.429. The highest BCUT2D eigenvalue weighted by Crippen LogP contribution is 2.10. The normalized spacial score (nSPS) is 11.8. The van der Waals surface area contributed by atoms with Crippen molar-refractivity contribution in [2.45, 2.75) is 13.3 Å². The second-order valence-electron chi connectivity index (χ2n) is 4.73. The Morgan fingerprint density at radius 3 is 2.75 bits per heavy atom. The Kier molecular flexibility index (Phi) is 6.31. The second kappa shape index (κ2) is 7.75. The van der Waals surface area contributed by atoms with Gasteiger partial charge in [-0.05, 0) is 24.1 Å². The maximum Gasteiger partial charge on any atom is 0.317 e. The van der Waals surface area contributed by atoms with Gasteiger partial charge < -0.3 is 15.3 Å². The summed E-state index contributed by atoms with van der Waals surface area (Å²) in [5.74, 6) is -1.50. The van der Waals surface area contributed by atoms with Crippen LogP contribution in [0.3, 0.4) is 0 Å². The predicted octanol–water partition coefficient (Wildman–Crippen LogP) is 2.24. The first-order valence-electron chi connectivity index (χ1n) is 6.36. The highest BCUT2D eigenvalue weighted by Gasteiger charge is 2.16. The molecular weight excluding hydrogens is 280 g/mol. The minimum absolute atomic E-state index is 0.179. The molecule has 1 rings (SSSR count). The van der Waals surface area contributed by atoms with E-state index in [1.165, 1.54) is 4.90 Å².